The van der Waals surface area contributed by atoms with Gasteiger partial charge in [-0.05, 0) is 94.6 Å². The number of nitrogens with zero attached hydrogens (tertiary/aromatic N) is 3. The molecule has 0 spiro atoms. The molecule has 1 saturated carbocycles. The molecule has 0 radical (unpaired) electrons. The molecule has 0 aromatic heterocycles. The summed E-state index contributed by atoms with van der Waals surface area (Å²) in [4.78, 5) is 18.2. The van der Waals surface area contributed by atoms with Gasteiger partial charge in [-0.3, -0.25) is 9.69 Å². The van der Waals surface area contributed by atoms with Gasteiger partial charge < -0.3 is 19.7 Å². The van der Waals surface area contributed by atoms with Gasteiger partial charge in [0.15, 0.2) is 0 Å². The van der Waals surface area contributed by atoms with Gasteiger partial charge in [-0.2, -0.15) is 0 Å². The molecule has 220 valence electrons. The zero-order chi connectivity index (χ0) is 28.0. The summed E-state index contributed by atoms with van der Waals surface area (Å²) >= 11 is 0. The van der Waals surface area contributed by atoms with E-state index in [1.54, 1.807) is 40.1 Å². The highest BCUT2D eigenvalue weighted by atomic mass is 32.2. The van der Waals surface area contributed by atoms with E-state index >= 15 is 0 Å². The lowest BCUT2D eigenvalue weighted by atomic mass is 9.87. The topological polar surface area (TPSA) is 91.4 Å². The predicted octanol–water partition coefficient (Wildman–Crippen LogP) is 2.79. The molecule has 2 aliphatic heterocycles. The Labute approximate surface area is 235 Å². The molecule has 9 nitrogen and oxygen atoms in total. The fraction of sp³-hybridized carbons (Fsp3) is 0.759. The first kappa shape index (κ1) is 30.2. The lowest BCUT2D eigenvalue weighted by molar-refractivity contribution is -0.122. The number of carbonyl (C=O) groups is 1. The van der Waals surface area contributed by atoms with Crippen molar-refractivity contribution in [2.45, 2.75) is 75.8 Å². The van der Waals surface area contributed by atoms with Crippen LogP contribution in [0.2, 0.25) is 0 Å². The maximum absolute atomic E-state index is 13.2. The maximum Gasteiger partial charge on any atom is 0.243 e. The number of ether oxygens (including phenoxy) is 2. The second kappa shape index (κ2) is 13.8. The van der Waals surface area contributed by atoms with Gasteiger partial charge in [-0.15, -0.1) is 0 Å². The van der Waals surface area contributed by atoms with Crippen molar-refractivity contribution in [1.29, 1.82) is 0 Å². The first-order valence-corrected chi connectivity index (χ1v) is 16.1. The van der Waals surface area contributed by atoms with Crippen molar-refractivity contribution in [3.05, 3.63) is 23.3 Å². The highest BCUT2D eigenvalue weighted by Gasteiger charge is 2.31. The molecule has 0 bridgehead atoms. The number of piperidine rings is 1. The van der Waals surface area contributed by atoms with E-state index in [4.69, 9.17) is 9.47 Å². The molecule has 1 aromatic rings. The standard InChI is InChI=1S/C29H48N4O5S/c1-22-19-27(37-4)20-23(2)29(22)39(35,36)31(3)12-11-28(34)30-25-5-7-26(8-6-25)33-13-9-24(10-14-33)21-32-15-17-38-18-16-32/h19-20,24-26H,5-18,21H2,1-4H3,(H,30,34)/t25-,26-. The van der Waals surface area contributed by atoms with Crippen molar-refractivity contribution in [2.75, 3.05) is 66.6 Å². The van der Waals surface area contributed by atoms with E-state index in [0.717, 1.165) is 57.9 Å². The minimum atomic E-state index is -3.70. The van der Waals surface area contributed by atoms with E-state index in [1.165, 1.54) is 36.8 Å². The van der Waals surface area contributed by atoms with Crippen LogP contribution >= 0.6 is 0 Å². The number of carbonyl (C=O) groups excluding carboxylic acids is 1. The van der Waals surface area contributed by atoms with Gasteiger partial charge >= 0.3 is 0 Å². The van der Waals surface area contributed by atoms with E-state index < -0.39 is 10.0 Å². The normalized spacial score (nSPS) is 24.1. The number of benzene rings is 1. The van der Waals surface area contributed by atoms with Gasteiger partial charge in [0.05, 0.1) is 25.2 Å². The highest BCUT2D eigenvalue weighted by Crippen LogP contribution is 2.29. The highest BCUT2D eigenvalue weighted by molar-refractivity contribution is 7.89. The lowest BCUT2D eigenvalue weighted by Crippen LogP contribution is -2.48. The number of methoxy groups -OCH3 is 1. The van der Waals surface area contributed by atoms with Crippen LogP contribution in [0.1, 0.15) is 56.1 Å². The summed E-state index contributed by atoms with van der Waals surface area (Å²) in [6.07, 6.45) is 6.92. The van der Waals surface area contributed by atoms with E-state index in [1.807, 2.05) is 0 Å². The number of sulfonamides is 1. The molecular formula is C29H48N4O5S. The summed E-state index contributed by atoms with van der Waals surface area (Å²) in [5.41, 5.74) is 1.28. The van der Waals surface area contributed by atoms with E-state index in [0.29, 0.717) is 22.9 Å². The summed E-state index contributed by atoms with van der Waals surface area (Å²) in [5.74, 6) is 1.36. The molecule has 39 heavy (non-hydrogen) atoms. The van der Waals surface area contributed by atoms with Crippen LogP contribution in [0.5, 0.6) is 5.75 Å². The van der Waals surface area contributed by atoms with Crippen LogP contribution in [-0.2, 0) is 19.6 Å². The van der Waals surface area contributed by atoms with Crippen LogP contribution in [0, 0.1) is 19.8 Å². The molecule has 1 N–H and O–H groups in total. The minimum absolute atomic E-state index is 0.0763. The summed E-state index contributed by atoms with van der Waals surface area (Å²) in [7, 11) is -0.594. The Morgan fingerprint density at radius 1 is 1.03 bits per heavy atom. The molecule has 3 fully saturated rings. The third-order valence-electron chi connectivity index (χ3n) is 8.84. The van der Waals surface area contributed by atoms with Crippen LogP contribution in [0.15, 0.2) is 17.0 Å². The van der Waals surface area contributed by atoms with Crippen LogP contribution in [-0.4, -0.2) is 107 Å². The number of amides is 1. The largest absolute Gasteiger partial charge is 0.497 e. The van der Waals surface area contributed by atoms with Crippen molar-refractivity contribution in [3.8, 4) is 5.75 Å². The fourth-order valence-electron chi connectivity index (χ4n) is 6.50. The molecule has 1 amide bonds. The average molecular weight is 565 g/mol. The summed E-state index contributed by atoms with van der Waals surface area (Å²) in [6.45, 7) is 11.2. The maximum atomic E-state index is 13.2. The SMILES string of the molecule is COc1cc(C)c(S(=O)(=O)N(C)CCC(=O)N[C@H]2CC[C@H](N3CCC(CN4CCOCC4)CC3)CC2)c(C)c1. The van der Waals surface area contributed by atoms with Gasteiger partial charge in [0.2, 0.25) is 15.9 Å². The first-order chi connectivity index (χ1) is 18.7. The molecule has 0 atom stereocenters. The quantitative estimate of drug-likeness (QED) is 0.467. The Kier molecular flexibility index (Phi) is 10.7. The predicted molar refractivity (Wildman–Crippen MR) is 153 cm³/mol. The molecule has 3 aliphatic rings. The Balaban J connectivity index is 1.16. The Bertz CT molecular complexity index is 1040. The van der Waals surface area contributed by atoms with Crippen molar-refractivity contribution in [3.63, 3.8) is 0 Å². The Morgan fingerprint density at radius 3 is 2.23 bits per heavy atom. The van der Waals surface area contributed by atoms with Crippen LogP contribution in [0.4, 0.5) is 0 Å². The second-order valence-corrected chi connectivity index (χ2v) is 13.6. The van der Waals surface area contributed by atoms with Gasteiger partial charge in [-0.1, -0.05) is 0 Å². The smallest absolute Gasteiger partial charge is 0.243 e. The van der Waals surface area contributed by atoms with E-state index in [2.05, 4.69) is 15.1 Å². The molecule has 2 saturated heterocycles. The van der Waals surface area contributed by atoms with Crippen molar-refractivity contribution >= 4 is 15.9 Å². The molecule has 4 rings (SSSR count). The van der Waals surface area contributed by atoms with Crippen molar-refractivity contribution < 1.29 is 22.7 Å². The Morgan fingerprint density at radius 2 is 1.64 bits per heavy atom. The number of hydrogen-bond acceptors (Lipinski definition) is 7. The molecule has 0 unspecified atom stereocenters. The number of rotatable bonds is 10. The number of nitrogens with one attached hydrogen (secondary N) is 1. The zero-order valence-corrected chi connectivity index (χ0v) is 25.1. The first-order valence-electron chi connectivity index (χ1n) is 14.6. The second-order valence-electron chi connectivity index (χ2n) is 11.6. The van der Waals surface area contributed by atoms with Crippen LogP contribution in [0.3, 0.4) is 0 Å². The minimum Gasteiger partial charge on any atom is -0.497 e. The van der Waals surface area contributed by atoms with Crippen molar-refractivity contribution in [2.24, 2.45) is 5.92 Å². The number of likely N-dealkylation sites (tertiary alicyclic amines) is 1. The molecule has 1 aromatic carbocycles. The monoisotopic (exact) mass is 564 g/mol. The van der Waals surface area contributed by atoms with Gasteiger partial charge in [0, 0.05) is 51.7 Å². The zero-order valence-electron chi connectivity index (χ0n) is 24.3. The van der Waals surface area contributed by atoms with Crippen LogP contribution < -0.4 is 10.1 Å². The van der Waals surface area contributed by atoms with Gasteiger partial charge in [0.1, 0.15) is 5.75 Å². The molecule has 1 aliphatic carbocycles. The number of aryl methyl sites for hydroxylation is 2. The number of morpholine rings is 1. The summed E-state index contributed by atoms with van der Waals surface area (Å²) in [6, 6.07) is 4.25. The summed E-state index contributed by atoms with van der Waals surface area (Å²) < 4.78 is 38.5. The third-order valence-corrected chi connectivity index (χ3v) is 11.0. The number of hydrogen-bond donors (Lipinski definition) is 1. The van der Waals surface area contributed by atoms with Crippen molar-refractivity contribution in [1.82, 2.24) is 19.4 Å². The molecular weight excluding hydrogens is 516 g/mol. The van der Waals surface area contributed by atoms with Crippen LogP contribution in [0.25, 0.3) is 0 Å². The van der Waals surface area contributed by atoms with E-state index in [9.17, 15) is 13.2 Å². The van der Waals surface area contributed by atoms with Gasteiger partial charge in [0.25, 0.3) is 0 Å². The van der Waals surface area contributed by atoms with Gasteiger partial charge in [-0.25, -0.2) is 12.7 Å². The average Bonchev–Trinajstić information content (AvgIpc) is 2.92. The Hall–Kier alpha value is -1.72. The molecule has 2 heterocycles. The third kappa shape index (κ3) is 7.94. The molecule has 10 heteroatoms. The lowest BCUT2D eigenvalue weighted by Gasteiger charge is -2.42. The fourth-order valence-corrected chi connectivity index (χ4v) is 8.08. The summed E-state index contributed by atoms with van der Waals surface area (Å²) in [5, 5.41) is 3.17. The van der Waals surface area contributed by atoms with E-state index in [-0.39, 0.29) is 29.8 Å².